The van der Waals surface area contributed by atoms with Crippen molar-refractivity contribution in [3.8, 4) is 0 Å². The van der Waals surface area contributed by atoms with Gasteiger partial charge in [0, 0.05) is 14.1 Å². The number of primary amides is 1. The quantitative estimate of drug-likeness (QED) is 0.586. The van der Waals surface area contributed by atoms with E-state index >= 15 is 0 Å². The summed E-state index contributed by atoms with van der Waals surface area (Å²) in [7, 11) is 3.79. The fourth-order valence-corrected chi connectivity index (χ4v) is 1.05. The zero-order chi connectivity index (χ0) is 11.4. The van der Waals surface area contributed by atoms with E-state index < -0.39 is 5.91 Å². The minimum absolute atomic E-state index is 0.443. The zero-order valence-electron chi connectivity index (χ0n) is 9.19. The molecule has 0 saturated carbocycles. The molecule has 0 heterocycles. The summed E-state index contributed by atoms with van der Waals surface area (Å²) in [5.74, 6) is 0.365. The van der Waals surface area contributed by atoms with E-state index in [0.717, 1.165) is 5.84 Å². The molecular weight excluding hydrogens is 190 g/mol. The van der Waals surface area contributed by atoms with Crippen molar-refractivity contribution in [2.24, 2.45) is 10.7 Å². The second-order valence-electron chi connectivity index (χ2n) is 3.43. The summed E-state index contributed by atoms with van der Waals surface area (Å²) in [5.41, 5.74) is 6.30. The SMILES string of the molecule is CC(=Nc1ccccc1C(N)=O)N(C)C. The number of carbonyl (C=O) groups is 1. The Morgan fingerprint density at radius 3 is 2.47 bits per heavy atom. The molecule has 0 saturated heterocycles. The van der Waals surface area contributed by atoms with Gasteiger partial charge in [0.15, 0.2) is 0 Å². The first-order chi connectivity index (χ1) is 7.02. The number of nitrogens with zero attached hydrogens (tertiary/aromatic N) is 2. The van der Waals surface area contributed by atoms with Crippen LogP contribution in [-0.4, -0.2) is 30.7 Å². The summed E-state index contributed by atoms with van der Waals surface area (Å²) in [6, 6.07) is 7.04. The average Bonchev–Trinajstić information content (AvgIpc) is 2.18. The van der Waals surface area contributed by atoms with Gasteiger partial charge in [0.1, 0.15) is 5.84 Å². The molecule has 0 atom stereocenters. The van der Waals surface area contributed by atoms with E-state index in [2.05, 4.69) is 4.99 Å². The molecular formula is C11H15N3O. The van der Waals surface area contributed by atoms with E-state index in [1.165, 1.54) is 0 Å². The summed E-state index contributed by atoms with van der Waals surface area (Å²) in [6.45, 7) is 1.87. The van der Waals surface area contributed by atoms with Gasteiger partial charge in [-0.3, -0.25) is 4.79 Å². The van der Waals surface area contributed by atoms with Crippen LogP contribution in [0.4, 0.5) is 5.69 Å². The van der Waals surface area contributed by atoms with Crippen LogP contribution in [0.5, 0.6) is 0 Å². The molecule has 0 unspecified atom stereocenters. The lowest BCUT2D eigenvalue weighted by atomic mass is 10.2. The van der Waals surface area contributed by atoms with Crippen LogP contribution >= 0.6 is 0 Å². The molecule has 0 bridgehead atoms. The normalized spacial score (nSPS) is 11.3. The number of hydrogen-bond donors (Lipinski definition) is 1. The van der Waals surface area contributed by atoms with Gasteiger partial charge in [-0.25, -0.2) is 4.99 Å². The van der Waals surface area contributed by atoms with Gasteiger partial charge >= 0.3 is 0 Å². The molecule has 0 aliphatic carbocycles. The third-order valence-electron chi connectivity index (χ3n) is 2.10. The van der Waals surface area contributed by atoms with Gasteiger partial charge in [0.05, 0.1) is 11.3 Å². The van der Waals surface area contributed by atoms with Gasteiger partial charge in [-0.2, -0.15) is 0 Å². The molecule has 0 aromatic heterocycles. The van der Waals surface area contributed by atoms with Gasteiger partial charge in [-0.1, -0.05) is 12.1 Å². The highest BCUT2D eigenvalue weighted by atomic mass is 16.1. The third-order valence-corrected chi connectivity index (χ3v) is 2.10. The number of amides is 1. The molecule has 4 heteroatoms. The molecule has 4 nitrogen and oxygen atoms in total. The Kier molecular flexibility index (Phi) is 3.44. The maximum atomic E-state index is 11.1. The number of nitrogens with two attached hydrogens (primary N) is 1. The monoisotopic (exact) mass is 205 g/mol. The Hall–Kier alpha value is -1.84. The van der Waals surface area contributed by atoms with E-state index in [-0.39, 0.29) is 0 Å². The first-order valence-corrected chi connectivity index (χ1v) is 4.64. The van der Waals surface area contributed by atoms with Crippen LogP contribution in [0.1, 0.15) is 17.3 Å². The number of hydrogen-bond acceptors (Lipinski definition) is 2. The molecule has 0 aliphatic heterocycles. The molecule has 0 radical (unpaired) electrons. The van der Waals surface area contributed by atoms with Gasteiger partial charge in [0.25, 0.3) is 5.91 Å². The topological polar surface area (TPSA) is 58.7 Å². The summed E-state index contributed by atoms with van der Waals surface area (Å²) in [4.78, 5) is 17.3. The maximum absolute atomic E-state index is 11.1. The number of rotatable bonds is 2. The second-order valence-corrected chi connectivity index (χ2v) is 3.43. The van der Waals surface area contributed by atoms with Crippen molar-refractivity contribution in [3.63, 3.8) is 0 Å². The van der Waals surface area contributed by atoms with Crippen LogP contribution in [0.25, 0.3) is 0 Å². The molecule has 0 fully saturated rings. The van der Waals surface area contributed by atoms with Crippen molar-refractivity contribution in [3.05, 3.63) is 29.8 Å². The summed E-state index contributed by atoms with van der Waals surface area (Å²) in [6.07, 6.45) is 0. The summed E-state index contributed by atoms with van der Waals surface area (Å²) < 4.78 is 0. The van der Waals surface area contributed by atoms with Gasteiger partial charge in [-0.15, -0.1) is 0 Å². The number of aliphatic imine (C=N–C) groups is 1. The Bertz CT molecular complexity index is 397. The van der Waals surface area contributed by atoms with Crippen molar-refractivity contribution in [2.75, 3.05) is 14.1 Å². The fraction of sp³-hybridized carbons (Fsp3) is 0.273. The molecule has 1 rings (SSSR count). The standard InChI is InChI=1S/C11H15N3O/c1-8(14(2)3)13-10-7-5-4-6-9(10)11(12)15/h4-7H,1-3H3,(H2,12,15). The predicted octanol–water partition coefficient (Wildman–Crippen LogP) is 1.40. The van der Waals surface area contributed by atoms with Crippen LogP contribution in [0, 0.1) is 0 Å². The Morgan fingerprint density at radius 1 is 1.33 bits per heavy atom. The lowest BCUT2D eigenvalue weighted by Crippen LogP contribution is -2.18. The Labute approximate surface area is 89.4 Å². The number of amidine groups is 1. The van der Waals surface area contributed by atoms with Crippen molar-refractivity contribution in [2.45, 2.75) is 6.92 Å². The van der Waals surface area contributed by atoms with Crippen LogP contribution in [0.3, 0.4) is 0 Å². The average molecular weight is 205 g/mol. The lowest BCUT2D eigenvalue weighted by Gasteiger charge is -2.11. The van der Waals surface area contributed by atoms with Gasteiger partial charge < -0.3 is 10.6 Å². The molecule has 1 aromatic carbocycles. The van der Waals surface area contributed by atoms with Crippen molar-refractivity contribution < 1.29 is 4.79 Å². The first-order valence-electron chi connectivity index (χ1n) is 4.64. The molecule has 0 aliphatic rings. The van der Waals surface area contributed by atoms with Gasteiger partial charge in [-0.05, 0) is 19.1 Å². The highest BCUT2D eigenvalue weighted by Crippen LogP contribution is 2.18. The highest BCUT2D eigenvalue weighted by molar-refractivity contribution is 5.99. The van der Waals surface area contributed by atoms with Gasteiger partial charge in [0.2, 0.25) is 0 Å². The smallest absolute Gasteiger partial charge is 0.250 e. The molecule has 80 valence electrons. The maximum Gasteiger partial charge on any atom is 0.250 e. The van der Waals surface area contributed by atoms with Crippen LogP contribution in [0.2, 0.25) is 0 Å². The molecule has 1 aromatic rings. The third kappa shape index (κ3) is 2.80. The number of para-hydroxylation sites is 1. The minimum Gasteiger partial charge on any atom is -0.366 e. The molecule has 2 N–H and O–H groups in total. The van der Waals surface area contributed by atoms with Crippen LogP contribution < -0.4 is 5.73 Å². The zero-order valence-corrected chi connectivity index (χ0v) is 9.19. The summed E-state index contributed by atoms with van der Waals surface area (Å²) >= 11 is 0. The van der Waals surface area contributed by atoms with E-state index in [1.807, 2.05) is 32.0 Å². The lowest BCUT2D eigenvalue weighted by molar-refractivity contribution is 0.100. The largest absolute Gasteiger partial charge is 0.366 e. The van der Waals surface area contributed by atoms with Crippen LogP contribution in [-0.2, 0) is 0 Å². The van der Waals surface area contributed by atoms with E-state index in [0.29, 0.717) is 11.3 Å². The second kappa shape index (κ2) is 4.59. The summed E-state index contributed by atoms with van der Waals surface area (Å²) in [5, 5.41) is 0. The first kappa shape index (κ1) is 11.2. The van der Waals surface area contributed by atoms with Crippen molar-refractivity contribution >= 4 is 17.4 Å². The molecule has 0 spiro atoms. The van der Waals surface area contributed by atoms with E-state index in [1.54, 1.807) is 18.2 Å². The molecule has 1 amide bonds. The predicted molar refractivity (Wildman–Crippen MR) is 61.4 cm³/mol. The Balaban J connectivity index is 3.15. The molecule has 15 heavy (non-hydrogen) atoms. The van der Waals surface area contributed by atoms with Crippen molar-refractivity contribution in [1.82, 2.24) is 4.90 Å². The highest BCUT2D eigenvalue weighted by Gasteiger charge is 2.06. The number of carbonyl (C=O) groups excluding carboxylic acids is 1. The Morgan fingerprint density at radius 2 is 1.93 bits per heavy atom. The van der Waals surface area contributed by atoms with E-state index in [4.69, 9.17) is 5.73 Å². The van der Waals surface area contributed by atoms with Crippen molar-refractivity contribution in [1.29, 1.82) is 0 Å². The minimum atomic E-state index is -0.457. The number of benzene rings is 1. The fourth-order valence-electron chi connectivity index (χ4n) is 1.05. The van der Waals surface area contributed by atoms with E-state index in [9.17, 15) is 4.79 Å². The van der Waals surface area contributed by atoms with Crippen LogP contribution in [0.15, 0.2) is 29.3 Å².